The first-order chi connectivity index (χ1) is 17.6. The number of thiol groups is 1. The van der Waals surface area contributed by atoms with Crippen molar-refractivity contribution < 1.29 is 34.2 Å². The molecule has 0 aliphatic carbocycles. The molecule has 3 amide bonds. The van der Waals surface area contributed by atoms with Gasteiger partial charge in [0.05, 0.1) is 6.04 Å². The van der Waals surface area contributed by atoms with Gasteiger partial charge in [0.25, 0.3) is 0 Å². The van der Waals surface area contributed by atoms with Crippen LogP contribution in [0.1, 0.15) is 31.2 Å². The maximum absolute atomic E-state index is 13.7. The third-order valence-corrected chi connectivity index (χ3v) is 6.74. The Balaban J connectivity index is 1.81. The minimum absolute atomic E-state index is 0.0709. The van der Waals surface area contributed by atoms with Crippen LogP contribution in [0.15, 0.2) is 30.5 Å². The van der Waals surface area contributed by atoms with Crippen molar-refractivity contribution in [3.63, 3.8) is 0 Å². The van der Waals surface area contributed by atoms with E-state index in [2.05, 4.69) is 28.2 Å². The first-order valence-corrected chi connectivity index (χ1v) is 12.5. The van der Waals surface area contributed by atoms with Gasteiger partial charge >= 0.3 is 11.9 Å². The highest BCUT2D eigenvalue weighted by Gasteiger charge is 2.39. The van der Waals surface area contributed by atoms with E-state index in [0.717, 1.165) is 16.5 Å². The molecule has 1 fully saturated rings. The van der Waals surface area contributed by atoms with Crippen molar-refractivity contribution in [2.24, 2.45) is 5.73 Å². The van der Waals surface area contributed by atoms with Crippen molar-refractivity contribution in [2.45, 2.75) is 56.3 Å². The van der Waals surface area contributed by atoms with Crippen LogP contribution < -0.4 is 16.4 Å². The number of carbonyl (C=O) groups excluding carboxylic acids is 3. The van der Waals surface area contributed by atoms with Crippen LogP contribution in [0.3, 0.4) is 0 Å². The maximum atomic E-state index is 13.7. The fourth-order valence-electron chi connectivity index (χ4n) is 4.38. The monoisotopic (exact) mass is 533 g/mol. The van der Waals surface area contributed by atoms with Crippen LogP contribution >= 0.6 is 12.6 Å². The van der Waals surface area contributed by atoms with Gasteiger partial charge in [0.15, 0.2) is 0 Å². The second-order valence-corrected chi connectivity index (χ2v) is 9.30. The first kappa shape index (κ1) is 28.0. The number of aliphatic carboxylic acids is 2. The van der Waals surface area contributed by atoms with Gasteiger partial charge in [0.2, 0.25) is 17.7 Å². The van der Waals surface area contributed by atoms with Crippen LogP contribution in [0, 0.1) is 0 Å². The molecule has 1 aliphatic heterocycles. The molecule has 13 heteroatoms. The van der Waals surface area contributed by atoms with Crippen molar-refractivity contribution in [1.82, 2.24) is 20.5 Å². The molecule has 200 valence electrons. The lowest BCUT2D eigenvalue weighted by Gasteiger charge is -2.30. The number of nitrogens with zero attached hydrogens (tertiary/aromatic N) is 1. The summed E-state index contributed by atoms with van der Waals surface area (Å²) < 4.78 is 0. The standard InChI is InChI=1S/C24H31N5O7S/c25-15(12-37)21(32)28-18(10-13-11-26-16-5-2-1-4-14(13)16)23(34)29-9-3-6-19(29)22(33)27-17(24(35)36)7-8-20(30)31/h1-2,4-5,11,15,17-19,26,37H,3,6-10,12,25H2,(H,27,33)(H,28,32)(H,30,31)(H,35,36). The highest BCUT2D eigenvalue weighted by molar-refractivity contribution is 7.80. The van der Waals surface area contributed by atoms with E-state index in [-0.39, 0.29) is 25.1 Å². The average molecular weight is 534 g/mol. The summed E-state index contributed by atoms with van der Waals surface area (Å²) in [7, 11) is 0. The summed E-state index contributed by atoms with van der Waals surface area (Å²) in [6.45, 7) is 0.239. The Hall–Kier alpha value is -3.58. The van der Waals surface area contributed by atoms with Gasteiger partial charge in [-0.2, -0.15) is 12.6 Å². The Kier molecular flexibility index (Phi) is 9.53. The van der Waals surface area contributed by atoms with Crippen LogP contribution in [0.2, 0.25) is 0 Å². The molecule has 12 nitrogen and oxygen atoms in total. The summed E-state index contributed by atoms with van der Waals surface area (Å²) in [4.78, 5) is 66.1. The number of carbonyl (C=O) groups is 5. The SMILES string of the molecule is NC(CS)C(=O)NC(Cc1c[nH]c2ccccc12)C(=O)N1CCCC1C(=O)NC(CCC(=O)O)C(=O)O. The highest BCUT2D eigenvalue weighted by Crippen LogP contribution is 2.23. The Morgan fingerprint density at radius 3 is 2.54 bits per heavy atom. The molecule has 2 heterocycles. The number of para-hydroxylation sites is 1. The minimum atomic E-state index is -1.41. The van der Waals surface area contributed by atoms with Crippen molar-refractivity contribution in [2.75, 3.05) is 12.3 Å². The van der Waals surface area contributed by atoms with Crippen molar-refractivity contribution in [3.8, 4) is 0 Å². The quantitative estimate of drug-likeness (QED) is 0.183. The van der Waals surface area contributed by atoms with E-state index >= 15 is 0 Å². The predicted octanol–water partition coefficient (Wildman–Crippen LogP) is -0.122. The molecule has 0 saturated carbocycles. The second kappa shape index (κ2) is 12.6. The summed E-state index contributed by atoms with van der Waals surface area (Å²) in [6, 6.07) is 3.16. The Labute approximate surface area is 218 Å². The number of rotatable bonds is 12. The van der Waals surface area contributed by atoms with Crippen molar-refractivity contribution in [3.05, 3.63) is 36.0 Å². The number of fused-ring (bicyclic) bond motifs is 1. The minimum Gasteiger partial charge on any atom is -0.481 e. The number of carboxylic acid groups (broad SMARTS) is 2. The maximum Gasteiger partial charge on any atom is 0.326 e. The summed E-state index contributed by atoms with van der Waals surface area (Å²) >= 11 is 4.05. The topological polar surface area (TPSA) is 195 Å². The number of H-pyrrole nitrogens is 1. The molecule has 37 heavy (non-hydrogen) atoms. The van der Waals surface area contributed by atoms with Crippen LogP contribution in [0.4, 0.5) is 0 Å². The molecule has 1 aromatic carbocycles. The summed E-state index contributed by atoms with van der Waals surface area (Å²) in [5.41, 5.74) is 7.46. The van der Waals surface area contributed by atoms with E-state index < -0.39 is 60.2 Å². The van der Waals surface area contributed by atoms with Gasteiger partial charge < -0.3 is 36.5 Å². The number of amides is 3. The van der Waals surface area contributed by atoms with Gasteiger partial charge in [0.1, 0.15) is 18.1 Å². The number of aromatic amines is 1. The van der Waals surface area contributed by atoms with Crippen molar-refractivity contribution in [1.29, 1.82) is 0 Å². The van der Waals surface area contributed by atoms with Crippen LogP contribution in [0.5, 0.6) is 0 Å². The fourth-order valence-corrected chi connectivity index (χ4v) is 4.54. The number of benzene rings is 1. The molecule has 2 aromatic rings. The average Bonchev–Trinajstić information content (AvgIpc) is 3.52. The fraction of sp³-hybridized carbons (Fsp3) is 0.458. The van der Waals surface area contributed by atoms with Crippen LogP contribution in [-0.4, -0.2) is 86.2 Å². The molecule has 4 atom stereocenters. The van der Waals surface area contributed by atoms with E-state index in [1.807, 2.05) is 24.3 Å². The lowest BCUT2D eigenvalue weighted by molar-refractivity contribution is -0.145. The summed E-state index contributed by atoms with van der Waals surface area (Å²) in [5, 5.41) is 24.2. The summed E-state index contributed by atoms with van der Waals surface area (Å²) in [6.07, 6.45) is 1.96. The number of hydrogen-bond donors (Lipinski definition) is 7. The molecule has 3 rings (SSSR count). The molecule has 4 unspecified atom stereocenters. The number of hydrogen-bond acceptors (Lipinski definition) is 7. The van der Waals surface area contributed by atoms with E-state index in [1.165, 1.54) is 4.90 Å². The summed E-state index contributed by atoms with van der Waals surface area (Å²) in [5.74, 6) is -4.23. The Morgan fingerprint density at radius 2 is 1.86 bits per heavy atom. The van der Waals surface area contributed by atoms with Crippen molar-refractivity contribution >= 4 is 53.2 Å². The smallest absolute Gasteiger partial charge is 0.326 e. The number of aromatic nitrogens is 1. The molecular weight excluding hydrogens is 502 g/mol. The van der Waals surface area contributed by atoms with Gasteiger partial charge in [-0.05, 0) is 30.9 Å². The predicted molar refractivity (Wildman–Crippen MR) is 137 cm³/mol. The second-order valence-electron chi connectivity index (χ2n) is 8.94. The third-order valence-electron chi connectivity index (χ3n) is 6.35. The number of nitrogens with one attached hydrogen (secondary N) is 3. The zero-order chi connectivity index (χ0) is 27.1. The highest BCUT2D eigenvalue weighted by atomic mass is 32.1. The number of carboxylic acids is 2. The number of nitrogens with two attached hydrogens (primary N) is 1. The van der Waals surface area contributed by atoms with Crippen LogP contribution in [0.25, 0.3) is 10.9 Å². The molecule has 0 bridgehead atoms. The molecule has 7 N–H and O–H groups in total. The Morgan fingerprint density at radius 1 is 1.14 bits per heavy atom. The van der Waals surface area contributed by atoms with E-state index in [4.69, 9.17) is 10.8 Å². The first-order valence-electron chi connectivity index (χ1n) is 11.9. The Bertz CT molecular complexity index is 1170. The van der Waals surface area contributed by atoms with Crippen LogP contribution in [-0.2, 0) is 30.4 Å². The molecule has 0 spiro atoms. The molecule has 1 aromatic heterocycles. The van der Waals surface area contributed by atoms with Gasteiger partial charge in [-0.15, -0.1) is 0 Å². The molecule has 1 saturated heterocycles. The van der Waals surface area contributed by atoms with E-state index in [9.17, 15) is 29.1 Å². The zero-order valence-electron chi connectivity index (χ0n) is 20.1. The van der Waals surface area contributed by atoms with Gasteiger partial charge in [0, 0.05) is 42.2 Å². The number of likely N-dealkylation sites (tertiary alicyclic amines) is 1. The van der Waals surface area contributed by atoms with Gasteiger partial charge in [-0.3, -0.25) is 19.2 Å². The molecule has 0 radical (unpaired) electrons. The lowest BCUT2D eigenvalue weighted by Crippen LogP contribution is -2.57. The molecule has 1 aliphatic rings. The van der Waals surface area contributed by atoms with Gasteiger partial charge in [-0.25, -0.2) is 4.79 Å². The largest absolute Gasteiger partial charge is 0.481 e. The normalized spacial score (nSPS) is 17.7. The third kappa shape index (κ3) is 7.01. The molecular formula is C24H31N5O7S. The van der Waals surface area contributed by atoms with E-state index in [0.29, 0.717) is 12.8 Å². The van der Waals surface area contributed by atoms with Gasteiger partial charge in [-0.1, -0.05) is 18.2 Å². The zero-order valence-corrected chi connectivity index (χ0v) is 20.9. The lowest BCUT2D eigenvalue weighted by atomic mass is 10.0. The van der Waals surface area contributed by atoms with E-state index in [1.54, 1.807) is 6.20 Å².